The minimum absolute atomic E-state index is 0.621. The van der Waals surface area contributed by atoms with Crippen LogP contribution in [0.4, 0.5) is 22.0 Å². The number of hydrogen-bond donors (Lipinski definition) is 1. The van der Waals surface area contributed by atoms with Crippen molar-refractivity contribution in [1.29, 1.82) is 0 Å². The summed E-state index contributed by atoms with van der Waals surface area (Å²) in [5, 5.41) is 1.96. The lowest BCUT2D eigenvalue weighted by molar-refractivity contribution is -0.138. The minimum atomic E-state index is -4.44. The fraction of sp³-hybridized carbons (Fsp3) is 0.364. The molecule has 2 nitrogen and oxygen atoms in total. The van der Waals surface area contributed by atoms with Crippen molar-refractivity contribution in [3.05, 3.63) is 35.4 Å². The molecule has 7 heteroatoms. The highest BCUT2D eigenvalue weighted by atomic mass is 19.4. The fourth-order valence-corrected chi connectivity index (χ4v) is 1.38. The molecule has 1 aromatic carbocycles. The fourth-order valence-electron chi connectivity index (χ4n) is 1.38. The summed E-state index contributed by atoms with van der Waals surface area (Å²) < 4.78 is 62.0. The lowest BCUT2D eigenvalue weighted by Crippen LogP contribution is -2.36. The van der Waals surface area contributed by atoms with Crippen molar-refractivity contribution < 1.29 is 26.7 Å². The van der Waals surface area contributed by atoms with E-state index in [4.69, 9.17) is 0 Å². The monoisotopic (exact) mass is 267 g/mol. The first-order chi connectivity index (χ1) is 8.20. The molecule has 0 bridgehead atoms. The third-order valence-corrected chi connectivity index (χ3v) is 2.11. The quantitative estimate of drug-likeness (QED) is 0.838. The lowest BCUT2D eigenvalue weighted by Gasteiger charge is -2.16. The largest absolute Gasteiger partial charge is 0.391 e. The maximum Gasteiger partial charge on any atom is 0.391 e. The van der Waals surface area contributed by atoms with Crippen LogP contribution < -0.4 is 5.32 Å². The Morgan fingerprint density at radius 3 is 2.50 bits per heavy atom. The van der Waals surface area contributed by atoms with Crippen LogP contribution in [0.3, 0.4) is 0 Å². The van der Waals surface area contributed by atoms with Crippen LogP contribution in [0, 0.1) is 11.6 Å². The average Bonchev–Trinajstić information content (AvgIpc) is 2.18. The molecule has 0 fully saturated rings. The van der Waals surface area contributed by atoms with Gasteiger partial charge in [-0.2, -0.15) is 13.2 Å². The third kappa shape index (κ3) is 3.97. The molecular weight excluding hydrogens is 257 g/mol. The van der Waals surface area contributed by atoms with Crippen molar-refractivity contribution in [2.24, 2.45) is 0 Å². The Morgan fingerprint density at radius 2 is 1.94 bits per heavy atom. The van der Waals surface area contributed by atoms with Gasteiger partial charge in [-0.25, -0.2) is 8.78 Å². The Kier molecular flexibility index (Phi) is 4.26. The van der Waals surface area contributed by atoms with Gasteiger partial charge in [0.05, 0.1) is 12.0 Å². The van der Waals surface area contributed by atoms with Crippen LogP contribution in [0.2, 0.25) is 0 Å². The van der Waals surface area contributed by atoms with E-state index in [1.165, 1.54) is 0 Å². The Hall–Kier alpha value is -1.66. The van der Waals surface area contributed by atoms with Crippen LogP contribution in [0.5, 0.6) is 0 Å². The summed E-state index contributed by atoms with van der Waals surface area (Å²) in [6.07, 6.45) is -5.68. The summed E-state index contributed by atoms with van der Waals surface area (Å²) in [5.74, 6) is -3.69. The number of carbonyl (C=O) groups is 1. The maximum atomic E-state index is 13.2. The van der Waals surface area contributed by atoms with Gasteiger partial charge in [0.25, 0.3) is 5.91 Å². The average molecular weight is 267 g/mol. The zero-order chi connectivity index (χ0) is 13.9. The van der Waals surface area contributed by atoms with E-state index in [1.807, 2.05) is 5.32 Å². The Morgan fingerprint density at radius 1 is 1.33 bits per heavy atom. The van der Waals surface area contributed by atoms with Crippen LogP contribution in [-0.2, 0) is 0 Å². The van der Waals surface area contributed by atoms with Crippen molar-refractivity contribution >= 4 is 5.91 Å². The number of hydrogen-bond acceptors (Lipinski definition) is 1. The molecular formula is C11H10F5NO. The predicted octanol–water partition coefficient (Wildman–Crippen LogP) is 3.04. The molecule has 0 saturated carbocycles. The van der Waals surface area contributed by atoms with Crippen LogP contribution in [0.1, 0.15) is 23.7 Å². The van der Waals surface area contributed by atoms with E-state index in [9.17, 15) is 26.7 Å². The van der Waals surface area contributed by atoms with E-state index in [-0.39, 0.29) is 0 Å². The highest BCUT2D eigenvalue weighted by Gasteiger charge is 2.31. The molecule has 1 atom stereocenters. The normalized spacial score (nSPS) is 13.2. The van der Waals surface area contributed by atoms with Crippen LogP contribution >= 0.6 is 0 Å². The first-order valence-corrected chi connectivity index (χ1v) is 5.02. The van der Waals surface area contributed by atoms with Gasteiger partial charge in [-0.05, 0) is 19.1 Å². The topological polar surface area (TPSA) is 29.1 Å². The van der Waals surface area contributed by atoms with Gasteiger partial charge in [-0.3, -0.25) is 4.79 Å². The molecule has 18 heavy (non-hydrogen) atoms. The van der Waals surface area contributed by atoms with E-state index in [2.05, 4.69) is 0 Å². The van der Waals surface area contributed by atoms with Crippen molar-refractivity contribution in [2.45, 2.75) is 25.6 Å². The summed E-state index contributed by atoms with van der Waals surface area (Å²) in [4.78, 5) is 11.4. The highest BCUT2D eigenvalue weighted by Crippen LogP contribution is 2.21. The second kappa shape index (κ2) is 5.32. The second-order valence-electron chi connectivity index (χ2n) is 3.80. The molecule has 0 aliphatic carbocycles. The third-order valence-electron chi connectivity index (χ3n) is 2.11. The minimum Gasteiger partial charge on any atom is -0.349 e. The summed E-state index contributed by atoms with van der Waals surface area (Å²) in [5.41, 5.74) is -0.621. The number of alkyl halides is 3. The van der Waals surface area contributed by atoms with Crippen molar-refractivity contribution in [3.8, 4) is 0 Å². The first kappa shape index (κ1) is 14.4. The van der Waals surface area contributed by atoms with Gasteiger partial charge < -0.3 is 5.32 Å². The highest BCUT2D eigenvalue weighted by molar-refractivity contribution is 5.94. The molecule has 1 aromatic rings. The molecule has 0 heterocycles. The zero-order valence-corrected chi connectivity index (χ0v) is 9.31. The van der Waals surface area contributed by atoms with Crippen LogP contribution in [0.15, 0.2) is 18.2 Å². The summed E-state index contributed by atoms with van der Waals surface area (Å²) >= 11 is 0. The van der Waals surface area contributed by atoms with Gasteiger partial charge in [0.2, 0.25) is 0 Å². The number of amides is 1. The summed E-state index contributed by atoms with van der Waals surface area (Å²) in [7, 11) is 0. The Bertz CT molecular complexity index is 444. The molecule has 100 valence electrons. The number of benzene rings is 1. The first-order valence-electron chi connectivity index (χ1n) is 5.02. The molecule has 0 spiro atoms. The molecule has 0 aromatic heterocycles. The van der Waals surface area contributed by atoms with Crippen LogP contribution in [0.25, 0.3) is 0 Å². The van der Waals surface area contributed by atoms with Gasteiger partial charge in [-0.1, -0.05) is 6.07 Å². The van der Waals surface area contributed by atoms with Crippen LogP contribution in [-0.4, -0.2) is 18.1 Å². The number of carbonyl (C=O) groups excluding carboxylic acids is 1. The lowest BCUT2D eigenvalue weighted by atomic mass is 10.1. The molecule has 0 aliphatic heterocycles. The number of nitrogens with one attached hydrogen (secondary N) is 1. The zero-order valence-electron chi connectivity index (χ0n) is 9.31. The van der Waals surface area contributed by atoms with Gasteiger partial charge in [0.1, 0.15) is 0 Å². The summed E-state index contributed by atoms with van der Waals surface area (Å²) in [6, 6.07) is 1.68. The molecule has 0 aliphatic rings. The molecule has 0 saturated heterocycles. The van der Waals surface area contributed by atoms with E-state index in [0.717, 1.165) is 25.1 Å². The molecule has 1 amide bonds. The molecule has 1 N–H and O–H groups in total. The maximum absolute atomic E-state index is 13.2. The van der Waals surface area contributed by atoms with Gasteiger partial charge >= 0.3 is 6.18 Å². The van der Waals surface area contributed by atoms with Crippen molar-refractivity contribution in [3.63, 3.8) is 0 Å². The van der Waals surface area contributed by atoms with E-state index < -0.39 is 41.7 Å². The SMILES string of the molecule is CC(CC(F)(F)F)NC(=O)c1cccc(F)c1F. The number of halogens is 5. The molecule has 0 radical (unpaired) electrons. The van der Waals surface area contributed by atoms with E-state index >= 15 is 0 Å². The Labute approximate surface area is 99.8 Å². The Balaban J connectivity index is 2.74. The smallest absolute Gasteiger partial charge is 0.349 e. The van der Waals surface area contributed by atoms with Crippen molar-refractivity contribution in [1.82, 2.24) is 5.32 Å². The number of rotatable bonds is 3. The van der Waals surface area contributed by atoms with Gasteiger partial charge in [-0.15, -0.1) is 0 Å². The van der Waals surface area contributed by atoms with Crippen molar-refractivity contribution in [2.75, 3.05) is 0 Å². The van der Waals surface area contributed by atoms with E-state index in [1.54, 1.807) is 0 Å². The second-order valence-corrected chi connectivity index (χ2v) is 3.80. The van der Waals surface area contributed by atoms with E-state index in [0.29, 0.717) is 0 Å². The van der Waals surface area contributed by atoms with Gasteiger partial charge in [0, 0.05) is 6.04 Å². The summed E-state index contributed by atoms with van der Waals surface area (Å²) in [6.45, 7) is 1.13. The molecule has 1 rings (SSSR count). The standard InChI is InChI=1S/C11H10F5NO/c1-6(5-11(14,15)16)17-10(18)7-3-2-4-8(12)9(7)13/h2-4,6H,5H2,1H3,(H,17,18). The molecule has 1 unspecified atom stereocenters. The van der Waals surface area contributed by atoms with Gasteiger partial charge in [0.15, 0.2) is 11.6 Å². The predicted molar refractivity (Wildman–Crippen MR) is 54.0 cm³/mol.